The number of rotatable bonds is 5. The second kappa shape index (κ2) is 5.82. The molecule has 2 N–H and O–H groups in total. The van der Waals surface area contributed by atoms with E-state index in [2.05, 4.69) is 12.0 Å². The molecule has 0 amide bonds. The van der Waals surface area contributed by atoms with Gasteiger partial charge in [0, 0.05) is 6.07 Å². The minimum Gasteiger partial charge on any atom is -0.497 e. The Morgan fingerprint density at radius 1 is 1.44 bits per heavy atom. The molecular weight excluding hydrogens is 246 g/mol. The minimum atomic E-state index is 0.682. The fourth-order valence-electron chi connectivity index (χ4n) is 1.61. The highest BCUT2D eigenvalue weighted by Gasteiger charge is 2.09. The maximum Gasteiger partial charge on any atom is 0.140 e. The van der Waals surface area contributed by atoms with Gasteiger partial charge in [-0.1, -0.05) is 13.0 Å². The largest absolute Gasteiger partial charge is 0.497 e. The van der Waals surface area contributed by atoms with Crippen LogP contribution in [-0.2, 0) is 0 Å². The Balaban J connectivity index is 2.30. The number of ether oxygens (including phenoxy) is 1. The molecule has 0 fully saturated rings. The first kappa shape index (κ1) is 12.8. The van der Waals surface area contributed by atoms with Crippen molar-refractivity contribution < 1.29 is 4.74 Å². The molecule has 0 saturated heterocycles. The lowest BCUT2D eigenvalue weighted by atomic mass is 10.3. The highest BCUT2D eigenvalue weighted by atomic mass is 32.2. The zero-order valence-electron chi connectivity index (χ0n) is 10.6. The van der Waals surface area contributed by atoms with Crippen molar-refractivity contribution >= 4 is 17.6 Å². The van der Waals surface area contributed by atoms with Crippen molar-refractivity contribution in [3.8, 4) is 11.4 Å². The Bertz CT molecular complexity index is 525. The Labute approximate surface area is 111 Å². The number of benzene rings is 1. The number of aromatic nitrogens is 2. The maximum atomic E-state index is 6.11. The summed E-state index contributed by atoms with van der Waals surface area (Å²) in [6.07, 6.45) is 2.93. The van der Waals surface area contributed by atoms with Crippen molar-refractivity contribution in [1.82, 2.24) is 9.78 Å². The van der Waals surface area contributed by atoms with Crippen LogP contribution in [0.4, 0.5) is 5.82 Å². The van der Waals surface area contributed by atoms with Gasteiger partial charge in [-0.2, -0.15) is 5.10 Å². The number of hydrogen-bond donors (Lipinski definition) is 1. The van der Waals surface area contributed by atoms with Crippen LogP contribution < -0.4 is 10.5 Å². The fourth-order valence-corrected chi connectivity index (χ4v) is 2.39. The summed E-state index contributed by atoms with van der Waals surface area (Å²) in [5.41, 5.74) is 7.02. The molecule has 0 spiro atoms. The van der Waals surface area contributed by atoms with Gasteiger partial charge in [-0.15, -0.1) is 11.8 Å². The van der Waals surface area contributed by atoms with Gasteiger partial charge >= 0.3 is 0 Å². The minimum absolute atomic E-state index is 0.682. The number of methoxy groups -OCH3 is 1. The molecule has 0 unspecified atom stereocenters. The summed E-state index contributed by atoms with van der Waals surface area (Å²) >= 11 is 1.73. The van der Waals surface area contributed by atoms with E-state index in [4.69, 9.17) is 10.5 Å². The third-order valence-corrected chi connectivity index (χ3v) is 3.77. The van der Waals surface area contributed by atoms with E-state index >= 15 is 0 Å². The zero-order valence-corrected chi connectivity index (χ0v) is 11.4. The van der Waals surface area contributed by atoms with Crippen LogP contribution in [0.5, 0.6) is 5.75 Å². The summed E-state index contributed by atoms with van der Waals surface area (Å²) in [7, 11) is 1.65. The Hall–Kier alpha value is -1.62. The first-order valence-corrected chi connectivity index (χ1v) is 6.85. The van der Waals surface area contributed by atoms with E-state index in [1.165, 1.54) is 0 Å². The van der Waals surface area contributed by atoms with Gasteiger partial charge in [0.25, 0.3) is 0 Å². The summed E-state index contributed by atoms with van der Waals surface area (Å²) in [5, 5.41) is 4.33. The smallest absolute Gasteiger partial charge is 0.140 e. The molecule has 96 valence electrons. The first-order valence-electron chi connectivity index (χ1n) is 5.87. The Morgan fingerprint density at radius 2 is 2.28 bits per heavy atom. The molecule has 0 saturated carbocycles. The van der Waals surface area contributed by atoms with Crippen molar-refractivity contribution in [2.45, 2.75) is 18.2 Å². The molecule has 4 nitrogen and oxygen atoms in total. The molecule has 2 aromatic rings. The van der Waals surface area contributed by atoms with Crippen LogP contribution >= 0.6 is 11.8 Å². The lowest BCUT2D eigenvalue weighted by Gasteiger charge is -2.06. The van der Waals surface area contributed by atoms with Crippen molar-refractivity contribution in [3.63, 3.8) is 0 Å². The Morgan fingerprint density at radius 3 is 3.00 bits per heavy atom. The number of anilines is 1. The molecule has 0 radical (unpaired) electrons. The van der Waals surface area contributed by atoms with Gasteiger partial charge in [0.05, 0.1) is 23.9 Å². The molecule has 1 heterocycles. The summed E-state index contributed by atoms with van der Waals surface area (Å²) in [6.45, 7) is 2.15. The van der Waals surface area contributed by atoms with Crippen molar-refractivity contribution in [3.05, 3.63) is 30.5 Å². The predicted molar refractivity (Wildman–Crippen MR) is 75.5 cm³/mol. The number of nitrogen functional groups attached to an aromatic ring is 1. The van der Waals surface area contributed by atoms with Crippen LogP contribution in [-0.4, -0.2) is 22.6 Å². The molecule has 18 heavy (non-hydrogen) atoms. The average molecular weight is 263 g/mol. The highest BCUT2D eigenvalue weighted by molar-refractivity contribution is 7.99. The molecule has 0 aliphatic rings. The van der Waals surface area contributed by atoms with E-state index in [9.17, 15) is 0 Å². The molecule has 0 atom stereocenters. The van der Waals surface area contributed by atoms with Crippen LogP contribution in [0.1, 0.15) is 13.3 Å². The topological polar surface area (TPSA) is 53.1 Å². The van der Waals surface area contributed by atoms with E-state index in [1.54, 1.807) is 23.6 Å². The second-order valence-electron chi connectivity index (χ2n) is 3.86. The summed E-state index contributed by atoms with van der Waals surface area (Å²) in [4.78, 5) is 1.03. The second-order valence-corrected chi connectivity index (χ2v) is 4.99. The number of nitrogens with two attached hydrogens (primary N) is 1. The number of thioether (sulfide) groups is 1. The SMILES string of the molecule is CCCSc1cnn(-c2cccc(OC)c2)c1N. The number of hydrogen-bond acceptors (Lipinski definition) is 4. The lowest BCUT2D eigenvalue weighted by molar-refractivity contribution is 0.414. The van der Waals surface area contributed by atoms with E-state index < -0.39 is 0 Å². The van der Waals surface area contributed by atoms with Gasteiger partial charge in [-0.25, -0.2) is 4.68 Å². The van der Waals surface area contributed by atoms with E-state index in [0.717, 1.165) is 28.5 Å². The van der Waals surface area contributed by atoms with E-state index in [1.807, 2.05) is 30.5 Å². The Kier molecular flexibility index (Phi) is 4.15. The van der Waals surface area contributed by atoms with Crippen molar-refractivity contribution in [1.29, 1.82) is 0 Å². The summed E-state index contributed by atoms with van der Waals surface area (Å²) < 4.78 is 6.94. The quantitative estimate of drug-likeness (QED) is 0.843. The van der Waals surface area contributed by atoms with Gasteiger partial charge < -0.3 is 10.5 Å². The van der Waals surface area contributed by atoms with Gasteiger partial charge in [0.15, 0.2) is 0 Å². The van der Waals surface area contributed by atoms with E-state index in [0.29, 0.717) is 5.82 Å². The van der Waals surface area contributed by atoms with E-state index in [-0.39, 0.29) is 0 Å². The average Bonchev–Trinajstić information content (AvgIpc) is 2.78. The van der Waals surface area contributed by atoms with Crippen LogP contribution in [0.2, 0.25) is 0 Å². The van der Waals surface area contributed by atoms with Gasteiger partial charge in [0.1, 0.15) is 11.6 Å². The van der Waals surface area contributed by atoms with Crippen LogP contribution in [0, 0.1) is 0 Å². The maximum absolute atomic E-state index is 6.11. The van der Waals surface area contributed by atoms with Gasteiger partial charge in [-0.3, -0.25) is 0 Å². The van der Waals surface area contributed by atoms with Crippen LogP contribution in [0.25, 0.3) is 5.69 Å². The summed E-state index contributed by atoms with van der Waals surface area (Å²) in [5.74, 6) is 2.53. The van der Waals surface area contributed by atoms with Gasteiger partial charge in [0.2, 0.25) is 0 Å². The van der Waals surface area contributed by atoms with Crippen LogP contribution in [0.15, 0.2) is 35.4 Å². The lowest BCUT2D eigenvalue weighted by Crippen LogP contribution is -2.02. The molecule has 0 bridgehead atoms. The molecule has 0 aliphatic carbocycles. The molecule has 5 heteroatoms. The zero-order chi connectivity index (χ0) is 13.0. The third kappa shape index (κ3) is 2.61. The normalized spacial score (nSPS) is 10.6. The molecular formula is C13H17N3OS. The first-order chi connectivity index (χ1) is 8.76. The standard InChI is InChI=1S/C13H17N3OS/c1-3-7-18-12-9-15-16(13(12)14)10-5-4-6-11(8-10)17-2/h4-6,8-9H,3,7,14H2,1-2H3. The summed E-state index contributed by atoms with van der Waals surface area (Å²) in [6, 6.07) is 7.70. The van der Waals surface area contributed by atoms with Crippen molar-refractivity contribution in [2.24, 2.45) is 0 Å². The molecule has 2 rings (SSSR count). The van der Waals surface area contributed by atoms with Gasteiger partial charge in [-0.05, 0) is 24.3 Å². The molecule has 1 aromatic heterocycles. The number of nitrogens with zero attached hydrogens (tertiary/aromatic N) is 2. The fraction of sp³-hybridized carbons (Fsp3) is 0.308. The molecule has 1 aromatic carbocycles. The monoisotopic (exact) mass is 263 g/mol. The van der Waals surface area contributed by atoms with Crippen LogP contribution in [0.3, 0.4) is 0 Å². The highest BCUT2D eigenvalue weighted by Crippen LogP contribution is 2.28. The predicted octanol–water partition coefficient (Wildman–Crippen LogP) is 2.97. The third-order valence-electron chi connectivity index (χ3n) is 2.53. The molecule has 0 aliphatic heterocycles. The van der Waals surface area contributed by atoms with Crippen molar-refractivity contribution in [2.75, 3.05) is 18.6 Å².